The van der Waals surface area contributed by atoms with E-state index in [1.54, 1.807) is 0 Å². The largest absolute Gasteiger partial charge is 0.389 e. The number of benzene rings is 1. The van der Waals surface area contributed by atoms with E-state index >= 15 is 0 Å². The van der Waals surface area contributed by atoms with Gasteiger partial charge in [-0.05, 0) is 38.5 Å². The smallest absolute Gasteiger partial charge is 0.0945 e. The van der Waals surface area contributed by atoms with E-state index < -0.39 is 6.10 Å². The topological polar surface area (TPSA) is 50.7 Å². The van der Waals surface area contributed by atoms with Crippen molar-refractivity contribution < 1.29 is 14.6 Å². The normalized spacial score (nSPS) is 12.7. The van der Waals surface area contributed by atoms with Gasteiger partial charge < -0.3 is 19.9 Å². The minimum atomic E-state index is -0.535. The summed E-state index contributed by atoms with van der Waals surface area (Å²) in [5.74, 6) is 0. The number of aliphatic hydroxyl groups is 1. The summed E-state index contributed by atoms with van der Waals surface area (Å²) in [7, 11) is 0. The highest BCUT2D eigenvalue weighted by atomic mass is 79.9. The van der Waals surface area contributed by atoms with Crippen molar-refractivity contribution in [2.45, 2.75) is 33.0 Å². The van der Waals surface area contributed by atoms with Crippen LogP contribution in [0.2, 0.25) is 0 Å². The van der Waals surface area contributed by atoms with Gasteiger partial charge in [-0.2, -0.15) is 0 Å². The Labute approximate surface area is 129 Å². The van der Waals surface area contributed by atoms with Crippen LogP contribution >= 0.6 is 15.9 Å². The average Bonchev–Trinajstić information content (AvgIpc) is 2.39. The zero-order valence-corrected chi connectivity index (χ0v) is 13.9. The SMILES string of the molecule is Cc1c(Br)cccc1NCC(O)COCCOC(C)C. The fourth-order valence-electron chi connectivity index (χ4n) is 1.65. The van der Waals surface area contributed by atoms with Crippen LogP contribution < -0.4 is 5.32 Å². The summed E-state index contributed by atoms with van der Waals surface area (Å²) < 4.78 is 11.8. The fraction of sp³-hybridized carbons (Fsp3) is 0.600. The highest BCUT2D eigenvalue weighted by Gasteiger charge is 2.06. The van der Waals surface area contributed by atoms with Gasteiger partial charge in [0.05, 0.1) is 32.0 Å². The van der Waals surface area contributed by atoms with E-state index in [1.807, 2.05) is 39.0 Å². The highest BCUT2D eigenvalue weighted by Crippen LogP contribution is 2.23. The molecular weight excluding hydrogens is 322 g/mol. The van der Waals surface area contributed by atoms with Gasteiger partial charge in [-0.15, -0.1) is 0 Å². The van der Waals surface area contributed by atoms with Gasteiger partial charge in [-0.3, -0.25) is 0 Å². The van der Waals surface area contributed by atoms with Crippen LogP contribution in [0.15, 0.2) is 22.7 Å². The van der Waals surface area contributed by atoms with Crippen LogP contribution in [0, 0.1) is 6.92 Å². The molecule has 0 fully saturated rings. The van der Waals surface area contributed by atoms with Crippen molar-refractivity contribution in [3.05, 3.63) is 28.2 Å². The third kappa shape index (κ3) is 6.70. The molecule has 1 aromatic carbocycles. The molecule has 0 heterocycles. The maximum atomic E-state index is 9.84. The molecule has 0 saturated heterocycles. The monoisotopic (exact) mass is 345 g/mol. The van der Waals surface area contributed by atoms with Gasteiger partial charge in [-0.25, -0.2) is 0 Å². The molecule has 1 aromatic rings. The molecule has 0 amide bonds. The van der Waals surface area contributed by atoms with E-state index in [9.17, 15) is 5.11 Å². The molecule has 20 heavy (non-hydrogen) atoms. The van der Waals surface area contributed by atoms with E-state index in [-0.39, 0.29) is 6.10 Å². The first-order valence-corrected chi connectivity index (χ1v) is 7.66. The summed E-state index contributed by atoms with van der Waals surface area (Å²) >= 11 is 3.48. The van der Waals surface area contributed by atoms with Crippen molar-refractivity contribution >= 4 is 21.6 Å². The first-order chi connectivity index (χ1) is 9.50. The molecule has 0 spiro atoms. The number of hydrogen-bond acceptors (Lipinski definition) is 4. The van der Waals surface area contributed by atoms with E-state index in [2.05, 4.69) is 21.2 Å². The lowest BCUT2D eigenvalue weighted by atomic mass is 10.2. The van der Waals surface area contributed by atoms with Crippen LogP contribution in [-0.4, -0.2) is 43.7 Å². The Balaban J connectivity index is 2.19. The van der Waals surface area contributed by atoms with Crippen molar-refractivity contribution in [3.63, 3.8) is 0 Å². The summed E-state index contributed by atoms with van der Waals surface area (Å²) in [4.78, 5) is 0. The summed E-state index contributed by atoms with van der Waals surface area (Å²) in [6.45, 7) is 7.83. The number of halogens is 1. The molecular formula is C15H24BrNO3. The number of ether oxygens (including phenoxy) is 2. The maximum Gasteiger partial charge on any atom is 0.0945 e. The quantitative estimate of drug-likeness (QED) is 0.675. The Hall–Kier alpha value is -0.620. The van der Waals surface area contributed by atoms with E-state index in [1.165, 1.54) is 0 Å². The summed E-state index contributed by atoms with van der Waals surface area (Å²) in [6.07, 6.45) is -0.322. The second kappa shape index (κ2) is 9.34. The Morgan fingerprint density at radius 2 is 2.05 bits per heavy atom. The predicted octanol–water partition coefficient (Wildman–Crippen LogP) is 2.97. The number of rotatable bonds is 9. The first-order valence-electron chi connectivity index (χ1n) is 6.87. The second-order valence-electron chi connectivity index (χ2n) is 4.94. The molecule has 1 atom stereocenters. The molecule has 1 rings (SSSR count). The average molecular weight is 346 g/mol. The molecule has 0 bridgehead atoms. The Morgan fingerprint density at radius 1 is 1.30 bits per heavy atom. The van der Waals surface area contributed by atoms with E-state index in [0.29, 0.717) is 26.4 Å². The van der Waals surface area contributed by atoms with E-state index in [0.717, 1.165) is 15.7 Å². The number of nitrogens with one attached hydrogen (secondary N) is 1. The van der Waals surface area contributed by atoms with Gasteiger partial charge in [0.1, 0.15) is 0 Å². The molecule has 1 unspecified atom stereocenters. The van der Waals surface area contributed by atoms with Crippen LogP contribution in [0.1, 0.15) is 19.4 Å². The lowest BCUT2D eigenvalue weighted by Gasteiger charge is -2.15. The lowest BCUT2D eigenvalue weighted by molar-refractivity contribution is -0.00734. The van der Waals surface area contributed by atoms with Gasteiger partial charge >= 0.3 is 0 Å². The van der Waals surface area contributed by atoms with Crippen molar-refractivity contribution in [1.82, 2.24) is 0 Å². The summed E-state index contributed by atoms with van der Waals surface area (Å²) in [5.41, 5.74) is 2.15. The molecule has 0 aromatic heterocycles. The fourth-order valence-corrected chi connectivity index (χ4v) is 2.01. The number of anilines is 1. The number of aliphatic hydroxyl groups excluding tert-OH is 1. The number of hydrogen-bond donors (Lipinski definition) is 2. The standard InChI is InChI=1S/C15H24BrNO3/c1-11(2)20-8-7-19-10-13(18)9-17-15-6-4-5-14(16)12(15)3/h4-6,11,13,17-18H,7-10H2,1-3H3. The molecule has 0 radical (unpaired) electrons. The van der Waals surface area contributed by atoms with Crippen molar-refractivity contribution in [3.8, 4) is 0 Å². The lowest BCUT2D eigenvalue weighted by Crippen LogP contribution is -2.26. The third-order valence-electron chi connectivity index (χ3n) is 2.78. The maximum absolute atomic E-state index is 9.84. The van der Waals surface area contributed by atoms with Crippen molar-refractivity contribution in [1.29, 1.82) is 0 Å². The molecule has 0 saturated carbocycles. The second-order valence-corrected chi connectivity index (χ2v) is 5.80. The molecule has 4 nitrogen and oxygen atoms in total. The zero-order valence-electron chi connectivity index (χ0n) is 12.4. The molecule has 114 valence electrons. The Bertz CT molecular complexity index is 399. The molecule has 2 N–H and O–H groups in total. The highest BCUT2D eigenvalue weighted by molar-refractivity contribution is 9.10. The first kappa shape index (κ1) is 17.4. The van der Waals surface area contributed by atoms with Gasteiger partial charge in [0, 0.05) is 16.7 Å². The third-order valence-corrected chi connectivity index (χ3v) is 3.64. The van der Waals surface area contributed by atoms with Gasteiger partial charge in [0.2, 0.25) is 0 Å². The molecule has 0 aliphatic carbocycles. The molecule has 0 aliphatic heterocycles. The zero-order chi connectivity index (χ0) is 15.0. The van der Waals surface area contributed by atoms with E-state index in [4.69, 9.17) is 9.47 Å². The van der Waals surface area contributed by atoms with Crippen LogP contribution in [0.5, 0.6) is 0 Å². The van der Waals surface area contributed by atoms with Crippen LogP contribution in [0.25, 0.3) is 0 Å². The summed E-state index contributed by atoms with van der Waals surface area (Å²) in [5, 5.41) is 13.1. The van der Waals surface area contributed by atoms with Gasteiger partial charge in [-0.1, -0.05) is 22.0 Å². The Morgan fingerprint density at radius 3 is 2.75 bits per heavy atom. The van der Waals surface area contributed by atoms with Gasteiger partial charge in [0.25, 0.3) is 0 Å². The van der Waals surface area contributed by atoms with Crippen LogP contribution in [-0.2, 0) is 9.47 Å². The van der Waals surface area contributed by atoms with Gasteiger partial charge in [0.15, 0.2) is 0 Å². The summed E-state index contributed by atoms with van der Waals surface area (Å²) in [6, 6.07) is 5.95. The Kier molecular flexibility index (Phi) is 8.14. The molecule has 0 aliphatic rings. The van der Waals surface area contributed by atoms with Crippen LogP contribution in [0.3, 0.4) is 0 Å². The van der Waals surface area contributed by atoms with Crippen molar-refractivity contribution in [2.24, 2.45) is 0 Å². The van der Waals surface area contributed by atoms with Crippen LogP contribution in [0.4, 0.5) is 5.69 Å². The van der Waals surface area contributed by atoms with Crippen molar-refractivity contribution in [2.75, 3.05) is 31.7 Å². The minimum Gasteiger partial charge on any atom is -0.389 e. The predicted molar refractivity (Wildman–Crippen MR) is 85.3 cm³/mol. The molecule has 5 heteroatoms. The minimum absolute atomic E-state index is 0.213.